The van der Waals surface area contributed by atoms with Gasteiger partial charge < -0.3 is 5.73 Å². The number of pyridine rings is 1. The van der Waals surface area contributed by atoms with E-state index in [2.05, 4.69) is 5.10 Å². The minimum Gasteiger partial charge on any atom is -0.384 e. The molecule has 3 aromatic rings. The van der Waals surface area contributed by atoms with Gasteiger partial charge in [0.05, 0.1) is 6.21 Å². The normalized spacial score (nSPS) is 11.3. The highest BCUT2D eigenvalue weighted by molar-refractivity contribution is 5.99. The number of hydrogen-bond acceptors (Lipinski definition) is 3. The first-order valence-electron chi connectivity index (χ1n) is 6.66. The van der Waals surface area contributed by atoms with E-state index >= 15 is 0 Å². The van der Waals surface area contributed by atoms with Crippen molar-refractivity contribution in [1.29, 1.82) is 0 Å². The Kier molecular flexibility index (Phi) is 3.28. The standard InChI is InChI=1S/C17H15N3O/c1-12-9-16(18)20(17(21)10-12)19-11-14-7-4-6-13-5-2-3-8-15(13)14/h2-11H,18H2,1H3/b19-11-. The van der Waals surface area contributed by atoms with Gasteiger partial charge in [0.15, 0.2) is 0 Å². The Morgan fingerprint density at radius 1 is 1.10 bits per heavy atom. The number of fused-ring (bicyclic) bond motifs is 1. The maximum atomic E-state index is 11.9. The molecule has 0 saturated heterocycles. The highest BCUT2D eigenvalue weighted by Crippen LogP contribution is 2.17. The lowest BCUT2D eigenvalue weighted by Crippen LogP contribution is -2.19. The smallest absolute Gasteiger partial charge is 0.273 e. The number of nitrogens with two attached hydrogens (primary N) is 1. The van der Waals surface area contributed by atoms with E-state index < -0.39 is 0 Å². The predicted octanol–water partition coefficient (Wildman–Crippen LogP) is 2.77. The fraction of sp³-hybridized carbons (Fsp3) is 0.0588. The summed E-state index contributed by atoms with van der Waals surface area (Å²) in [5, 5.41) is 6.44. The molecule has 0 saturated carbocycles. The van der Waals surface area contributed by atoms with Gasteiger partial charge in [-0.05, 0) is 29.3 Å². The zero-order valence-corrected chi connectivity index (χ0v) is 11.7. The molecule has 0 bridgehead atoms. The van der Waals surface area contributed by atoms with Crippen LogP contribution in [-0.2, 0) is 0 Å². The zero-order chi connectivity index (χ0) is 14.8. The van der Waals surface area contributed by atoms with E-state index in [1.54, 1.807) is 12.3 Å². The molecule has 0 fully saturated rings. The molecule has 3 rings (SSSR count). The molecule has 4 heteroatoms. The number of rotatable bonds is 2. The van der Waals surface area contributed by atoms with E-state index in [1.807, 2.05) is 49.4 Å². The van der Waals surface area contributed by atoms with Gasteiger partial charge in [-0.15, -0.1) is 0 Å². The van der Waals surface area contributed by atoms with Crippen LogP contribution in [0.3, 0.4) is 0 Å². The van der Waals surface area contributed by atoms with Gasteiger partial charge in [-0.25, -0.2) is 0 Å². The third-order valence-corrected chi connectivity index (χ3v) is 3.32. The Labute approximate surface area is 122 Å². The molecule has 0 radical (unpaired) electrons. The van der Waals surface area contributed by atoms with Crippen LogP contribution in [0.4, 0.5) is 5.82 Å². The van der Waals surface area contributed by atoms with Crippen molar-refractivity contribution in [3.8, 4) is 0 Å². The summed E-state index contributed by atoms with van der Waals surface area (Å²) in [6.07, 6.45) is 1.66. The Morgan fingerprint density at radius 2 is 1.86 bits per heavy atom. The first-order valence-corrected chi connectivity index (χ1v) is 6.66. The maximum Gasteiger partial charge on any atom is 0.273 e. The van der Waals surface area contributed by atoms with E-state index in [0.29, 0.717) is 5.82 Å². The van der Waals surface area contributed by atoms with Crippen LogP contribution in [0.2, 0.25) is 0 Å². The summed E-state index contributed by atoms with van der Waals surface area (Å²) in [4.78, 5) is 11.9. The van der Waals surface area contributed by atoms with E-state index in [1.165, 1.54) is 10.7 Å². The van der Waals surface area contributed by atoms with Crippen molar-refractivity contribution >= 4 is 22.8 Å². The Morgan fingerprint density at radius 3 is 2.67 bits per heavy atom. The molecule has 1 heterocycles. The average molecular weight is 277 g/mol. The fourth-order valence-corrected chi connectivity index (χ4v) is 2.33. The average Bonchev–Trinajstić information content (AvgIpc) is 2.46. The highest BCUT2D eigenvalue weighted by atomic mass is 16.1. The molecule has 2 N–H and O–H groups in total. The van der Waals surface area contributed by atoms with Crippen LogP contribution in [0.5, 0.6) is 0 Å². The third kappa shape index (κ3) is 2.56. The largest absolute Gasteiger partial charge is 0.384 e. The van der Waals surface area contributed by atoms with Crippen molar-refractivity contribution in [2.75, 3.05) is 5.73 Å². The van der Waals surface area contributed by atoms with Gasteiger partial charge >= 0.3 is 0 Å². The number of nitrogens with zero attached hydrogens (tertiary/aromatic N) is 2. The lowest BCUT2D eigenvalue weighted by atomic mass is 10.1. The Balaban J connectivity index is 2.09. The second kappa shape index (κ2) is 5.25. The fourth-order valence-electron chi connectivity index (χ4n) is 2.33. The first kappa shape index (κ1) is 13.1. The van der Waals surface area contributed by atoms with Gasteiger partial charge in [0.1, 0.15) is 5.82 Å². The molecule has 4 nitrogen and oxygen atoms in total. The molecule has 0 aliphatic heterocycles. The lowest BCUT2D eigenvalue weighted by molar-refractivity contribution is 0.843. The van der Waals surface area contributed by atoms with E-state index in [0.717, 1.165) is 21.9 Å². The van der Waals surface area contributed by atoms with Gasteiger partial charge in [-0.1, -0.05) is 42.5 Å². The number of nitrogen functional groups attached to an aromatic ring is 1. The predicted molar refractivity (Wildman–Crippen MR) is 86.8 cm³/mol. The second-order valence-electron chi connectivity index (χ2n) is 4.92. The van der Waals surface area contributed by atoms with Gasteiger partial charge in [0.2, 0.25) is 0 Å². The summed E-state index contributed by atoms with van der Waals surface area (Å²) in [6.45, 7) is 1.83. The molecule has 104 valence electrons. The van der Waals surface area contributed by atoms with E-state index in [-0.39, 0.29) is 5.56 Å². The minimum absolute atomic E-state index is 0.232. The van der Waals surface area contributed by atoms with Crippen LogP contribution in [0.25, 0.3) is 10.8 Å². The van der Waals surface area contributed by atoms with Gasteiger partial charge in [-0.3, -0.25) is 4.79 Å². The molecule has 0 aliphatic rings. The SMILES string of the molecule is Cc1cc(N)n(/N=C\c2cccc3ccccc23)c(=O)c1. The van der Waals surface area contributed by atoms with E-state index in [4.69, 9.17) is 5.73 Å². The molecule has 1 aromatic heterocycles. The van der Waals surface area contributed by atoms with Crippen molar-refractivity contribution in [2.24, 2.45) is 5.10 Å². The van der Waals surface area contributed by atoms with Crippen LogP contribution >= 0.6 is 0 Å². The van der Waals surface area contributed by atoms with Crippen molar-refractivity contribution in [2.45, 2.75) is 6.92 Å². The molecule has 21 heavy (non-hydrogen) atoms. The van der Waals surface area contributed by atoms with Crippen LogP contribution in [0.15, 0.2) is 64.5 Å². The summed E-state index contributed by atoms with van der Waals surface area (Å²) < 4.78 is 1.20. The summed E-state index contributed by atoms with van der Waals surface area (Å²) >= 11 is 0. The quantitative estimate of drug-likeness (QED) is 0.732. The summed E-state index contributed by atoms with van der Waals surface area (Å²) in [7, 11) is 0. The maximum absolute atomic E-state index is 11.9. The topological polar surface area (TPSA) is 60.4 Å². The van der Waals surface area contributed by atoms with Crippen molar-refractivity contribution in [3.05, 3.63) is 76.1 Å². The molecular weight excluding hydrogens is 262 g/mol. The van der Waals surface area contributed by atoms with Gasteiger partial charge in [0.25, 0.3) is 5.56 Å². The van der Waals surface area contributed by atoms with Gasteiger partial charge in [-0.2, -0.15) is 9.78 Å². The van der Waals surface area contributed by atoms with Gasteiger partial charge in [0, 0.05) is 11.6 Å². The number of benzene rings is 2. The Hall–Kier alpha value is -2.88. The summed E-state index contributed by atoms with van der Waals surface area (Å²) in [5.41, 5.74) is 7.39. The number of aryl methyl sites for hydroxylation is 1. The number of aromatic nitrogens is 1. The van der Waals surface area contributed by atoms with Crippen molar-refractivity contribution in [1.82, 2.24) is 4.68 Å². The molecule has 0 spiro atoms. The molecule has 0 atom stereocenters. The second-order valence-corrected chi connectivity index (χ2v) is 4.92. The summed E-state index contributed by atoms with van der Waals surface area (Å²) in [6, 6.07) is 17.2. The van der Waals surface area contributed by atoms with Crippen LogP contribution < -0.4 is 11.3 Å². The molecule has 0 aliphatic carbocycles. The molecular formula is C17H15N3O. The van der Waals surface area contributed by atoms with Crippen LogP contribution in [0, 0.1) is 6.92 Å². The van der Waals surface area contributed by atoms with Crippen LogP contribution in [-0.4, -0.2) is 10.9 Å². The number of anilines is 1. The monoisotopic (exact) mass is 277 g/mol. The molecule has 0 unspecified atom stereocenters. The third-order valence-electron chi connectivity index (χ3n) is 3.32. The molecule has 2 aromatic carbocycles. The van der Waals surface area contributed by atoms with Crippen LogP contribution in [0.1, 0.15) is 11.1 Å². The zero-order valence-electron chi connectivity index (χ0n) is 11.7. The van der Waals surface area contributed by atoms with Crippen molar-refractivity contribution in [3.63, 3.8) is 0 Å². The molecule has 0 amide bonds. The highest BCUT2D eigenvalue weighted by Gasteiger charge is 2.01. The van der Waals surface area contributed by atoms with E-state index in [9.17, 15) is 4.79 Å². The first-order chi connectivity index (χ1) is 10.1. The summed E-state index contributed by atoms with van der Waals surface area (Å²) in [5.74, 6) is 0.330. The minimum atomic E-state index is -0.232. The Bertz CT molecular complexity index is 889. The van der Waals surface area contributed by atoms with Crippen molar-refractivity contribution < 1.29 is 0 Å². The lowest BCUT2D eigenvalue weighted by Gasteiger charge is -2.05. The number of hydrogen-bond donors (Lipinski definition) is 1.